The zero-order valence-electron chi connectivity index (χ0n) is 20.7. The fourth-order valence-electron chi connectivity index (χ4n) is 5.11. The minimum Gasteiger partial charge on any atom is -0.334 e. The molecule has 35 heavy (non-hydrogen) atoms. The second-order valence-corrected chi connectivity index (χ2v) is 9.64. The van der Waals surface area contributed by atoms with Crippen LogP contribution in [0, 0.1) is 11.6 Å². The van der Waals surface area contributed by atoms with Gasteiger partial charge in [0.25, 0.3) is 5.91 Å². The van der Waals surface area contributed by atoms with Crippen LogP contribution >= 0.6 is 0 Å². The highest BCUT2D eigenvalue weighted by atomic mass is 19.2. The normalized spacial score (nSPS) is 17.8. The molecule has 0 aliphatic carbocycles. The number of hydrogen-bond donors (Lipinski definition) is 1. The van der Waals surface area contributed by atoms with E-state index in [4.69, 9.17) is 5.73 Å². The van der Waals surface area contributed by atoms with Gasteiger partial charge >= 0.3 is 0 Å². The van der Waals surface area contributed by atoms with Crippen molar-refractivity contribution in [2.24, 2.45) is 5.73 Å². The van der Waals surface area contributed by atoms with E-state index in [-0.39, 0.29) is 11.9 Å². The molecule has 1 unspecified atom stereocenters. The number of carbonyl (C=O) groups excluding carboxylic acids is 1. The molecular formula is C28H34F2N4O. The van der Waals surface area contributed by atoms with Crippen molar-refractivity contribution < 1.29 is 13.6 Å². The molecule has 0 bridgehead atoms. The third-order valence-corrected chi connectivity index (χ3v) is 7.30. The number of nitrogens with two attached hydrogens (primary N) is 1. The van der Waals surface area contributed by atoms with E-state index in [1.54, 1.807) is 6.07 Å². The Morgan fingerprint density at radius 3 is 2.60 bits per heavy atom. The second-order valence-electron chi connectivity index (χ2n) is 9.64. The van der Waals surface area contributed by atoms with Crippen LogP contribution in [0.3, 0.4) is 0 Å². The molecule has 186 valence electrons. The van der Waals surface area contributed by atoms with Crippen molar-refractivity contribution in [3.8, 4) is 11.3 Å². The monoisotopic (exact) mass is 480 g/mol. The van der Waals surface area contributed by atoms with Gasteiger partial charge in [0.15, 0.2) is 11.6 Å². The van der Waals surface area contributed by atoms with Crippen molar-refractivity contribution in [2.75, 3.05) is 26.2 Å². The Balaban J connectivity index is 1.70. The van der Waals surface area contributed by atoms with Gasteiger partial charge < -0.3 is 15.5 Å². The Morgan fingerprint density at radius 2 is 1.89 bits per heavy atom. The standard InChI is InChI=1S/C28H34F2N4O/c1-4-33(5-2)16-14-28(3,31)26-11-8-15-34(26)27(35)21-18-25(19-12-13-22(29)23(30)17-19)32-24-10-7-6-9-20(21)24/h6-7,9-10,12-13,17-18,26H,4-5,8,11,14-16,31H2,1-3H3/t26-,28?/m1/s1. The number of carbonyl (C=O) groups is 1. The first kappa shape index (κ1) is 25.2. The van der Waals surface area contributed by atoms with Crippen LogP contribution in [0.5, 0.6) is 0 Å². The molecule has 2 N–H and O–H groups in total. The molecule has 3 aromatic rings. The topological polar surface area (TPSA) is 62.5 Å². The number of rotatable bonds is 8. The lowest BCUT2D eigenvalue weighted by Crippen LogP contribution is -2.56. The van der Waals surface area contributed by atoms with Crippen LogP contribution in [-0.4, -0.2) is 58.5 Å². The largest absolute Gasteiger partial charge is 0.334 e. The first-order valence-corrected chi connectivity index (χ1v) is 12.4. The van der Waals surface area contributed by atoms with Crippen molar-refractivity contribution in [2.45, 2.75) is 51.6 Å². The van der Waals surface area contributed by atoms with Gasteiger partial charge in [0.2, 0.25) is 0 Å². The summed E-state index contributed by atoms with van der Waals surface area (Å²) in [6.07, 6.45) is 2.55. The number of pyridine rings is 1. The molecule has 2 aromatic carbocycles. The van der Waals surface area contributed by atoms with Gasteiger partial charge in [-0.2, -0.15) is 0 Å². The SMILES string of the molecule is CCN(CC)CCC(C)(N)[C@H]1CCCN1C(=O)c1cc(-c2ccc(F)c(F)c2)nc2ccccc12. The second kappa shape index (κ2) is 10.4. The van der Waals surface area contributed by atoms with Gasteiger partial charge in [-0.05, 0) is 76.2 Å². The summed E-state index contributed by atoms with van der Waals surface area (Å²) >= 11 is 0. The summed E-state index contributed by atoms with van der Waals surface area (Å²) in [5.74, 6) is -1.97. The molecule has 1 fully saturated rings. The van der Waals surface area contributed by atoms with Crippen LogP contribution in [0.4, 0.5) is 8.78 Å². The highest BCUT2D eigenvalue weighted by molar-refractivity contribution is 6.07. The van der Waals surface area contributed by atoms with Crippen molar-refractivity contribution in [1.29, 1.82) is 0 Å². The van der Waals surface area contributed by atoms with E-state index in [1.165, 1.54) is 6.07 Å². The summed E-state index contributed by atoms with van der Waals surface area (Å²) in [4.78, 5) is 22.8. The van der Waals surface area contributed by atoms with Crippen molar-refractivity contribution in [3.63, 3.8) is 0 Å². The molecule has 5 nitrogen and oxygen atoms in total. The molecule has 1 aliphatic heterocycles. The van der Waals surface area contributed by atoms with E-state index in [0.717, 1.165) is 56.4 Å². The van der Waals surface area contributed by atoms with Crippen molar-refractivity contribution >= 4 is 16.8 Å². The Morgan fingerprint density at radius 1 is 1.14 bits per heavy atom. The van der Waals surface area contributed by atoms with Crippen LogP contribution in [-0.2, 0) is 0 Å². The maximum absolute atomic E-state index is 14.0. The lowest BCUT2D eigenvalue weighted by Gasteiger charge is -2.39. The summed E-state index contributed by atoms with van der Waals surface area (Å²) < 4.78 is 27.5. The predicted octanol–water partition coefficient (Wildman–Crippen LogP) is 5.23. The van der Waals surface area contributed by atoms with E-state index in [1.807, 2.05) is 36.1 Å². The van der Waals surface area contributed by atoms with Crippen LogP contribution in [0.1, 0.15) is 50.4 Å². The minimum absolute atomic E-state index is 0.0794. The molecule has 0 saturated carbocycles. The summed E-state index contributed by atoms with van der Waals surface area (Å²) in [5.41, 5.74) is 8.30. The van der Waals surface area contributed by atoms with Gasteiger partial charge in [0, 0.05) is 29.1 Å². The number of halogens is 2. The van der Waals surface area contributed by atoms with E-state index in [9.17, 15) is 13.6 Å². The molecule has 4 rings (SSSR count). The Bertz CT molecular complexity index is 1210. The number of benzene rings is 2. The minimum atomic E-state index is -0.947. The third kappa shape index (κ3) is 5.21. The summed E-state index contributed by atoms with van der Waals surface area (Å²) in [6, 6.07) is 12.7. The Labute approximate surface area is 205 Å². The third-order valence-electron chi connectivity index (χ3n) is 7.30. The molecule has 2 atom stereocenters. The summed E-state index contributed by atoms with van der Waals surface area (Å²) in [7, 11) is 0. The maximum Gasteiger partial charge on any atom is 0.254 e. The fourth-order valence-corrected chi connectivity index (χ4v) is 5.11. The highest BCUT2D eigenvalue weighted by Crippen LogP contribution is 2.32. The fraction of sp³-hybridized carbons (Fsp3) is 0.429. The van der Waals surface area contributed by atoms with E-state index < -0.39 is 17.2 Å². The van der Waals surface area contributed by atoms with E-state index in [2.05, 4.69) is 23.7 Å². The van der Waals surface area contributed by atoms with Crippen LogP contribution in [0.15, 0.2) is 48.5 Å². The lowest BCUT2D eigenvalue weighted by atomic mass is 9.87. The number of fused-ring (bicyclic) bond motifs is 1. The number of nitrogens with zero attached hydrogens (tertiary/aromatic N) is 3. The molecule has 0 spiro atoms. The van der Waals surface area contributed by atoms with Crippen LogP contribution in [0.2, 0.25) is 0 Å². The highest BCUT2D eigenvalue weighted by Gasteiger charge is 2.40. The molecular weight excluding hydrogens is 446 g/mol. The van der Waals surface area contributed by atoms with Gasteiger partial charge in [0.05, 0.1) is 16.8 Å². The van der Waals surface area contributed by atoms with Gasteiger partial charge in [-0.15, -0.1) is 0 Å². The first-order valence-electron chi connectivity index (χ1n) is 12.4. The molecule has 1 aromatic heterocycles. The first-order chi connectivity index (χ1) is 16.7. The Hall–Kier alpha value is -2.90. The lowest BCUT2D eigenvalue weighted by molar-refractivity contribution is 0.0657. The van der Waals surface area contributed by atoms with Crippen LogP contribution in [0.25, 0.3) is 22.2 Å². The molecule has 1 aliphatic rings. The molecule has 2 heterocycles. The molecule has 1 amide bonds. The van der Waals surface area contributed by atoms with Crippen molar-refractivity contribution in [1.82, 2.24) is 14.8 Å². The number of para-hydroxylation sites is 1. The number of hydrogen-bond acceptors (Lipinski definition) is 4. The van der Waals surface area contributed by atoms with E-state index >= 15 is 0 Å². The van der Waals surface area contributed by atoms with Gasteiger partial charge in [-0.1, -0.05) is 32.0 Å². The predicted molar refractivity (Wildman–Crippen MR) is 136 cm³/mol. The quantitative estimate of drug-likeness (QED) is 0.479. The summed E-state index contributed by atoms with van der Waals surface area (Å²) in [5, 5.41) is 0.733. The van der Waals surface area contributed by atoms with Crippen molar-refractivity contribution in [3.05, 3.63) is 65.7 Å². The number of aromatic nitrogens is 1. The van der Waals surface area contributed by atoms with Gasteiger partial charge in [-0.3, -0.25) is 4.79 Å². The van der Waals surface area contributed by atoms with Gasteiger partial charge in [-0.25, -0.2) is 13.8 Å². The zero-order valence-corrected chi connectivity index (χ0v) is 20.7. The zero-order chi connectivity index (χ0) is 25.2. The summed E-state index contributed by atoms with van der Waals surface area (Å²) in [6.45, 7) is 9.79. The number of likely N-dealkylation sites (tertiary alicyclic amines) is 1. The molecule has 0 radical (unpaired) electrons. The smallest absolute Gasteiger partial charge is 0.254 e. The molecule has 7 heteroatoms. The molecule has 1 saturated heterocycles. The number of amides is 1. The average Bonchev–Trinajstić information content (AvgIpc) is 3.36. The van der Waals surface area contributed by atoms with E-state index in [0.29, 0.717) is 28.9 Å². The average molecular weight is 481 g/mol. The maximum atomic E-state index is 14.0. The van der Waals surface area contributed by atoms with Gasteiger partial charge in [0.1, 0.15) is 0 Å². The van der Waals surface area contributed by atoms with Crippen LogP contribution < -0.4 is 5.73 Å². The Kier molecular flexibility index (Phi) is 7.47.